The van der Waals surface area contributed by atoms with Crippen LogP contribution in [0.1, 0.15) is 39.0 Å². The Bertz CT molecular complexity index is 295. The molecule has 2 saturated carbocycles. The van der Waals surface area contributed by atoms with Gasteiger partial charge in [0.25, 0.3) is 0 Å². The summed E-state index contributed by atoms with van der Waals surface area (Å²) in [5, 5.41) is 3.51. The molecule has 17 heavy (non-hydrogen) atoms. The molecule has 0 spiro atoms. The molecule has 0 aromatic carbocycles. The molecule has 0 aromatic heterocycles. The molecule has 0 bridgehead atoms. The van der Waals surface area contributed by atoms with Crippen LogP contribution in [0.2, 0.25) is 0 Å². The summed E-state index contributed by atoms with van der Waals surface area (Å²) in [4.78, 5) is 14.5. The van der Waals surface area contributed by atoms with Crippen LogP contribution in [0.3, 0.4) is 0 Å². The summed E-state index contributed by atoms with van der Waals surface area (Å²) in [6.07, 6.45) is 6.31. The van der Waals surface area contributed by atoms with Crippen molar-refractivity contribution in [1.82, 2.24) is 10.2 Å². The average Bonchev–Trinajstić information content (AvgIpc) is 3.20. The lowest BCUT2D eigenvalue weighted by Crippen LogP contribution is -2.43. The van der Waals surface area contributed by atoms with E-state index in [-0.39, 0.29) is 0 Å². The highest BCUT2D eigenvalue weighted by atomic mass is 16.2. The van der Waals surface area contributed by atoms with Gasteiger partial charge in [0.1, 0.15) is 0 Å². The fraction of sp³-hybridized carbons (Fsp3) is 0.929. The lowest BCUT2D eigenvalue weighted by atomic mass is 10.2. The number of carbonyl (C=O) groups excluding carboxylic acids is 1. The van der Waals surface area contributed by atoms with Gasteiger partial charge in [-0.1, -0.05) is 6.92 Å². The van der Waals surface area contributed by atoms with Crippen molar-refractivity contribution in [1.29, 1.82) is 0 Å². The first-order chi connectivity index (χ1) is 8.24. The van der Waals surface area contributed by atoms with E-state index in [0.29, 0.717) is 23.8 Å². The summed E-state index contributed by atoms with van der Waals surface area (Å²) in [7, 11) is 0. The van der Waals surface area contributed by atoms with Crippen LogP contribution in [0.4, 0.5) is 0 Å². The molecular formula is C14H24N2O. The third-order valence-corrected chi connectivity index (χ3v) is 4.52. The quantitative estimate of drug-likeness (QED) is 0.787. The van der Waals surface area contributed by atoms with Gasteiger partial charge in [-0.2, -0.15) is 0 Å². The third kappa shape index (κ3) is 2.82. The van der Waals surface area contributed by atoms with Crippen LogP contribution in [-0.2, 0) is 4.79 Å². The molecule has 1 aliphatic heterocycles. The van der Waals surface area contributed by atoms with E-state index in [2.05, 4.69) is 17.1 Å². The van der Waals surface area contributed by atoms with Crippen molar-refractivity contribution in [2.75, 3.05) is 19.6 Å². The molecule has 1 N–H and O–H groups in total. The Hall–Kier alpha value is -0.570. The van der Waals surface area contributed by atoms with Crippen LogP contribution in [0, 0.1) is 17.8 Å². The van der Waals surface area contributed by atoms with Crippen molar-refractivity contribution in [2.45, 2.75) is 45.1 Å². The van der Waals surface area contributed by atoms with E-state index >= 15 is 0 Å². The normalized spacial score (nSPS) is 35.9. The van der Waals surface area contributed by atoms with Gasteiger partial charge in [0.2, 0.25) is 5.91 Å². The molecule has 3 fully saturated rings. The minimum atomic E-state index is 0.357. The number of rotatable bonds is 5. The second-order valence-corrected chi connectivity index (χ2v) is 6.30. The SMILES string of the molecule is CC1CC1C(=O)N(CC1CC1)CC1CCCN1. The van der Waals surface area contributed by atoms with Crippen molar-refractivity contribution in [2.24, 2.45) is 17.8 Å². The van der Waals surface area contributed by atoms with E-state index in [0.717, 1.165) is 32.0 Å². The minimum absolute atomic E-state index is 0.357. The maximum Gasteiger partial charge on any atom is 0.226 e. The van der Waals surface area contributed by atoms with Gasteiger partial charge < -0.3 is 10.2 Å². The summed E-state index contributed by atoms with van der Waals surface area (Å²) in [5.74, 6) is 2.25. The molecule has 0 aromatic rings. The Morgan fingerprint density at radius 1 is 1.29 bits per heavy atom. The van der Waals surface area contributed by atoms with E-state index in [1.54, 1.807) is 0 Å². The maximum absolute atomic E-state index is 12.4. The van der Waals surface area contributed by atoms with E-state index in [4.69, 9.17) is 0 Å². The van der Waals surface area contributed by atoms with Gasteiger partial charge in [-0.05, 0) is 50.5 Å². The van der Waals surface area contributed by atoms with E-state index < -0.39 is 0 Å². The standard InChI is InChI=1S/C14H24N2O/c1-10-7-13(10)14(17)16(8-11-4-5-11)9-12-3-2-6-15-12/h10-13,15H,2-9H2,1H3. The first kappa shape index (κ1) is 11.5. The number of hydrogen-bond acceptors (Lipinski definition) is 2. The summed E-state index contributed by atoms with van der Waals surface area (Å²) >= 11 is 0. The lowest BCUT2D eigenvalue weighted by Gasteiger charge is -2.26. The van der Waals surface area contributed by atoms with Crippen LogP contribution < -0.4 is 5.32 Å². The molecule has 1 saturated heterocycles. The maximum atomic E-state index is 12.4. The topological polar surface area (TPSA) is 32.3 Å². The zero-order valence-corrected chi connectivity index (χ0v) is 10.8. The van der Waals surface area contributed by atoms with E-state index in [1.165, 1.54) is 25.7 Å². The molecule has 3 aliphatic rings. The summed E-state index contributed by atoms with van der Waals surface area (Å²) in [6, 6.07) is 0.562. The Morgan fingerprint density at radius 3 is 2.59 bits per heavy atom. The van der Waals surface area contributed by atoms with Gasteiger partial charge in [-0.3, -0.25) is 4.79 Å². The van der Waals surface area contributed by atoms with Gasteiger partial charge in [0, 0.05) is 25.0 Å². The van der Waals surface area contributed by atoms with Crippen molar-refractivity contribution >= 4 is 5.91 Å². The molecule has 1 amide bonds. The van der Waals surface area contributed by atoms with Crippen molar-refractivity contribution in [3.05, 3.63) is 0 Å². The van der Waals surface area contributed by atoms with Crippen LogP contribution in [0.15, 0.2) is 0 Å². The summed E-state index contributed by atoms with van der Waals surface area (Å²) in [5.41, 5.74) is 0. The lowest BCUT2D eigenvalue weighted by molar-refractivity contribution is -0.133. The fourth-order valence-electron chi connectivity index (χ4n) is 2.95. The first-order valence-corrected chi connectivity index (χ1v) is 7.26. The number of nitrogens with zero attached hydrogens (tertiary/aromatic N) is 1. The number of carbonyl (C=O) groups is 1. The largest absolute Gasteiger partial charge is 0.341 e. The predicted molar refractivity (Wildman–Crippen MR) is 67.6 cm³/mol. The summed E-state index contributed by atoms with van der Waals surface area (Å²) in [6.45, 7) is 5.32. The second-order valence-electron chi connectivity index (χ2n) is 6.30. The third-order valence-electron chi connectivity index (χ3n) is 4.52. The molecule has 3 nitrogen and oxygen atoms in total. The van der Waals surface area contributed by atoms with E-state index in [1.807, 2.05) is 0 Å². The minimum Gasteiger partial charge on any atom is -0.341 e. The molecule has 3 heteroatoms. The molecule has 3 rings (SSSR count). The molecular weight excluding hydrogens is 212 g/mol. The Balaban J connectivity index is 1.56. The molecule has 3 unspecified atom stereocenters. The zero-order valence-electron chi connectivity index (χ0n) is 10.8. The second kappa shape index (κ2) is 4.60. The predicted octanol–water partition coefficient (Wildman–Crippen LogP) is 1.63. The highest BCUT2D eigenvalue weighted by Crippen LogP contribution is 2.40. The molecule has 2 aliphatic carbocycles. The average molecular weight is 236 g/mol. The monoisotopic (exact) mass is 236 g/mol. The van der Waals surface area contributed by atoms with E-state index in [9.17, 15) is 4.79 Å². The van der Waals surface area contributed by atoms with Gasteiger partial charge in [-0.15, -0.1) is 0 Å². The fourth-order valence-corrected chi connectivity index (χ4v) is 2.95. The van der Waals surface area contributed by atoms with Crippen LogP contribution in [0.5, 0.6) is 0 Å². The van der Waals surface area contributed by atoms with Gasteiger partial charge in [0.15, 0.2) is 0 Å². The van der Waals surface area contributed by atoms with Crippen LogP contribution in [-0.4, -0.2) is 36.5 Å². The Morgan fingerprint density at radius 2 is 2.06 bits per heavy atom. The van der Waals surface area contributed by atoms with Gasteiger partial charge in [0.05, 0.1) is 0 Å². The molecule has 96 valence electrons. The molecule has 0 radical (unpaired) electrons. The highest BCUT2D eigenvalue weighted by molar-refractivity contribution is 5.81. The van der Waals surface area contributed by atoms with Crippen molar-refractivity contribution in [3.63, 3.8) is 0 Å². The van der Waals surface area contributed by atoms with Crippen molar-refractivity contribution in [3.8, 4) is 0 Å². The number of nitrogens with one attached hydrogen (secondary N) is 1. The smallest absolute Gasteiger partial charge is 0.226 e. The zero-order chi connectivity index (χ0) is 11.8. The Kier molecular flexibility index (Phi) is 3.12. The highest BCUT2D eigenvalue weighted by Gasteiger charge is 2.42. The first-order valence-electron chi connectivity index (χ1n) is 7.26. The van der Waals surface area contributed by atoms with Crippen LogP contribution in [0.25, 0.3) is 0 Å². The molecule has 3 atom stereocenters. The van der Waals surface area contributed by atoms with Gasteiger partial charge >= 0.3 is 0 Å². The number of hydrogen-bond donors (Lipinski definition) is 1. The Labute approximate surface area is 104 Å². The van der Waals surface area contributed by atoms with Crippen LogP contribution >= 0.6 is 0 Å². The van der Waals surface area contributed by atoms with Crippen molar-refractivity contribution < 1.29 is 4.79 Å². The summed E-state index contributed by atoms with van der Waals surface area (Å²) < 4.78 is 0. The molecule has 1 heterocycles. The van der Waals surface area contributed by atoms with Gasteiger partial charge in [-0.25, -0.2) is 0 Å². The number of amides is 1.